The van der Waals surface area contributed by atoms with E-state index in [-0.39, 0.29) is 43.0 Å². The molecule has 186 valence electrons. The van der Waals surface area contributed by atoms with Crippen molar-refractivity contribution in [2.75, 3.05) is 6.54 Å². The second-order valence-electron chi connectivity index (χ2n) is 9.22. The Morgan fingerprint density at radius 3 is 2.16 bits per heavy atom. The fourth-order valence-electron chi connectivity index (χ4n) is 4.35. The Labute approximate surface area is 195 Å². The predicted molar refractivity (Wildman–Crippen MR) is 127 cm³/mol. The largest absolute Gasteiger partial charge is 0.462 e. The van der Waals surface area contributed by atoms with E-state index < -0.39 is 0 Å². The SMILES string of the molecule is CCCCCCCCCCCC(C[C@@H]1OC(=O)[C@H]1CCCCCC)OC(=O)CCNC=O. The lowest BCUT2D eigenvalue weighted by Gasteiger charge is -2.37. The molecular formula is C26H47NO5. The van der Waals surface area contributed by atoms with Gasteiger partial charge in [0.2, 0.25) is 6.41 Å². The molecule has 1 aliphatic heterocycles. The molecule has 0 bridgehead atoms. The predicted octanol–water partition coefficient (Wildman–Crippen LogP) is 5.86. The molecule has 1 heterocycles. The van der Waals surface area contributed by atoms with Crippen LogP contribution in [0, 0.1) is 5.92 Å². The average Bonchev–Trinajstić information content (AvgIpc) is 2.77. The van der Waals surface area contributed by atoms with Crippen molar-refractivity contribution in [1.29, 1.82) is 0 Å². The minimum Gasteiger partial charge on any atom is -0.462 e. The number of ether oxygens (including phenoxy) is 2. The smallest absolute Gasteiger partial charge is 0.313 e. The van der Waals surface area contributed by atoms with Gasteiger partial charge >= 0.3 is 11.9 Å². The summed E-state index contributed by atoms with van der Waals surface area (Å²) in [5.74, 6) is -0.451. The lowest BCUT2D eigenvalue weighted by atomic mass is 9.86. The van der Waals surface area contributed by atoms with Gasteiger partial charge < -0.3 is 14.8 Å². The molecule has 1 amide bonds. The van der Waals surface area contributed by atoms with Crippen LogP contribution >= 0.6 is 0 Å². The number of nitrogens with one attached hydrogen (secondary N) is 1. The van der Waals surface area contributed by atoms with E-state index in [2.05, 4.69) is 19.2 Å². The summed E-state index contributed by atoms with van der Waals surface area (Å²) in [6, 6.07) is 0. The van der Waals surface area contributed by atoms with Crippen LogP contribution < -0.4 is 5.32 Å². The van der Waals surface area contributed by atoms with E-state index in [0.717, 1.165) is 38.5 Å². The quantitative estimate of drug-likeness (QED) is 0.126. The van der Waals surface area contributed by atoms with Crippen LogP contribution in [0.3, 0.4) is 0 Å². The van der Waals surface area contributed by atoms with E-state index in [1.165, 1.54) is 57.8 Å². The molecule has 0 aliphatic carbocycles. The van der Waals surface area contributed by atoms with E-state index in [0.29, 0.717) is 12.8 Å². The number of amides is 1. The van der Waals surface area contributed by atoms with Crippen molar-refractivity contribution in [3.05, 3.63) is 0 Å². The van der Waals surface area contributed by atoms with E-state index in [1.54, 1.807) is 0 Å². The summed E-state index contributed by atoms with van der Waals surface area (Å²) >= 11 is 0. The van der Waals surface area contributed by atoms with E-state index >= 15 is 0 Å². The topological polar surface area (TPSA) is 81.7 Å². The van der Waals surface area contributed by atoms with Crippen LogP contribution in [-0.2, 0) is 23.9 Å². The Bertz CT molecular complexity index is 510. The normalized spacial score (nSPS) is 18.5. The van der Waals surface area contributed by atoms with Crippen LogP contribution in [0.4, 0.5) is 0 Å². The number of carbonyl (C=O) groups is 3. The highest BCUT2D eigenvalue weighted by Gasteiger charge is 2.43. The van der Waals surface area contributed by atoms with Gasteiger partial charge in [-0.3, -0.25) is 14.4 Å². The van der Waals surface area contributed by atoms with Gasteiger partial charge in [0, 0.05) is 13.0 Å². The third-order valence-corrected chi connectivity index (χ3v) is 6.37. The van der Waals surface area contributed by atoms with Gasteiger partial charge in [0.15, 0.2) is 0 Å². The van der Waals surface area contributed by atoms with Gasteiger partial charge in [-0.1, -0.05) is 90.9 Å². The minimum atomic E-state index is -0.301. The molecule has 1 fully saturated rings. The second kappa shape index (κ2) is 18.9. The molecule has 32 heavy (non-hydrogen) atoms. The molecule has 0 spiro atoms. The molecule has 3 atom stereocenters. The molecule has 1 saturated heterocycles. The molecular weight excluding hydrogens is 406 g/mol. The molecule has 6 nitrogen and oxygen atoms in total. The van der Waals surface area contributed by atoms with Crippen molar-refractivity contribution in [3.8, 4) is 0 Å². The third-order valence-electron chi connectivity index (χ3n) is 6.37. The zero-order valence-electron chi connectivity index (χ0n) is 20.6. The number of unbranched alkanes of at least 4 members (excludes halogenated alkanes) is 11. The van der Waals surface area contributed by atoms with Gasteiger partial charge in [-0.05, 0) is 19.3 Å². The molecule has 1 unspecified atom stereocenters. The molecule has 1 aliphatic rings. The number of esters is 2. The lowest BCUT2D eigenvalue weighted by Crippen LogP contribution is -2.47. The first kappa shape index (κ1) is 28.4. The van der Waals surface area contributed by atoms with Gasteiger partial charge in [-0.25, -0.2) is 0 Å². The first-order valence-corrected chi connectivity index (χ1v) is 13.2. The summed E-state index contributed by atoms with van der Waals surface area (Å²) in [6.45, 7) is 4.70. The van der Waals surface area contributed by atoms with E-state index in [1.807, 2.05) is 0 Å². The maximum Gasteiger partial charge on any atom is 0.313 e. The van der Waals surface area contributed by atoms with E-state index in [9.17, 15) is 14.4 Å². The second-order valence-corrected chi connectivity index (χ2v) is 9.22. The summed E-state index contributed by atoms with van der Waals surface area (Å²) < 4.78 is 11.1. The molecule has 6 heteroatoms. The molecule has 0 aromatic rings. The fourth-order valence-corrected chi connectivity index (χ4v) is 4.35. The standard InChI is InChI=1S/C26H47NO5/c1-3-5-7-9-10-11-12-13-14-16-22(31-25(29)18-19-27-21-28)20-24-23(26(30)32-24)17-15-8-6-4-2/h21-24H,3-20H2,1-2H3,(H,27,28)/t22?,23-,24-/m0/s1. The maximum atomic E-state index is 12.2. The number of rotatable bonds is 22. The maximum absolute atomic E-state index is 12.2. The first-order chi connectivity index (χ1) is 15.6. The minimum absolute atomic E-state index is 0.0482. The molecule has 0 aromatic carbocycles. The molecule has 0 radical (unpaired) electrons. The van der Waals surface area contributed by atoms with Crippen molar-refractivity contribution in [2.45, 2.75) is 135 Å². The Hall–Kier alpha value is -1.59. The number of hydrogen-bond acceptors (Lipinski definition) is 5. The van der Waals surface area contributed by atoms with Crippen molar-refractivity contribution in [1.82, 2.24) is 5.32 Å². The van der Waals surface area contributed by atoms with Crippen LogP contribution in [0.25, 0.3) is 0 Å². The third kappa shape index (κ3) is 13.1. The number of cyclic esters (lactones) is 1. The van der Waals surface area contributed by atoms with Gasteiger partial charge in [-0.2, -0.15) is 0 Å². The van der Waals surface area contributed by atoms with Crippen LogP contribution in [0.15, 0.2) is 0 Å². The monoisotopic (exact) mass is 453 g/mol. The van der Waals surface area contributed by atoms with Gasteiger partial charge in [-0.15, -0.1) is 0 Å². The summed E-state index contributed by atoms with van der Waals surface area (Å²) in [5.41, 5.74) is 0. The highest BCUT2D eigenvalue weighted by Crippen LogP contribution is 2.32. The van der Waals surface area contributed by atoms with Gasteiger partial charge in [0.05, 0.1) is 12.3 Å². The number of hydrogen-bond donors (Lipinski definition) is 1. The lowest BCUT2D eigenvalue weighted by molar-refractivity contribution is -0.190. The Morgan fingerprint density at radius 1 is 0.969 bits per heavy atom. The summed E-state index contributed by atoms with van der Waals surface area (Å²) in [4.78, 5) is 34.5. The molecule has 0 aromatic heterocycles. The van der Waals surface area contributed by atoms with Crippen molar-refractivity contribution >= 4 is 18.3 Å². The molecule has 0 saturated carbocycles. The average molecular weight is 454 g/mol. The van der Waals surface area contributed by atoms with Crippen LogP contribution in [-0.4, -0.2) is 37.1 Å². The summed E-state index contributed by atoms with van der Waals surface area (Å²) in [6.07, 6.45) is 18.5. The Morgan fingerprint density at radius 2 is 1.56 bits per heavy atom. The van der Waals surface area contributed by atoms with Crippen molar-refractivity contribution in [2.24, 2.45) is 5.92 Å². The Balaban J connectivity index is 2.38. The zero-order valence-corrected chi connectivity index (χ0v) is 20.6. The van der Waals surface area contributed by atoms with Gasteiger partial charge in [0.25, 0.3) is 0 Å². The van der Waals surface area contributed by atoms with Crippen molar-refractivity contribution in [3.63, 3.8) is 0 Å². The zero-order chi connectivity index (χ0) is 23.4. The summed E-state index contributed by atoms with van der Waals surface area (Å²) in [5, 5.41) is 2.50. The van der Waals surface area contributed by atoms with Crippen LogP contribution in [0.5, 0.6) is 0 Å². The van der Waals surface area contributed by atoms with Crippen molar-refractivity contribution < 1.29 is 23.9 Å². The molecule has 1 N–H and O–H groups in total. The summed E-state index contributed by atoms with van der Waals surface area (Å²) in [7, 11) is 0. The van der Waals surface area contributed by atoms with E-state index in [4.69, 9.17) is 9.47 Å². The Kier molecular flexibility index (Phi) is 16.8. The number of carbonyl (C=O) groups excluding carboxylic acids is 3. The van der Waals surface area contributed by atoms with Crippen LogP contribution in [0.1, 0.15) is 123 Å². The van der Waals surface area contributed by atoms with Gasteiger partial charge in [0.1, 0.15) is 12.2 Å². The fraction of sp³-hybridized carbons (Fsp3) is 0.885. The first-order valence-electron chi connectivity index (χ1n) is 13.2. The molecule has 1 rings (SSSR count). The highest BCUT2D eigenvalue weighted by molar-refractivity contribution is 5.78. The highest BCUT2D eigenvalue weighted by atomic mass is 16.6. The van der Waals surface area contributed by atoms with Crippen LogP contribution in [0.2, 0.25) is 0 Å².